The first-order valence-corrected chi connectivity index (χ1v) is 8.38. The number of para-hydroxylation sites is 1. The maximum absolute atomic E-state index is 11.9. The minimum atomic E-state index is -0.897. The molecule has 4 N–H and O–H groups in total. The third-order valence-corrected chi connectivity index (χ3v) is 4.66. The van der Waals surface area contributed by atoms with E-state index in [0.717, 1.165) is 4.70 Å². The number of hydrogen-bond acceptors (Lipinski definition) is 9. The summed E-state index contributed by atoms with van der Waals surface area (Å²) in [6.07, 6.45) is 0. The number of nitrogens with zero attached hydrogens (tertiary/aromatic N) is 1. The molecule has 0 aliphatic carbocycles. The third-order valence-electron chi connectivity index (χ3n) is 2.74. The molecule has 1 aromatic carbocycles. The van der Waals surface area contributed by atoms with Crippen molar-refractivity contribution in [1.29, 1.82) is 5.41 Å². The van der Waals surface area contributed by atoms with Crippen LogP contribution in [-0.4, -0.2) is 21.8 Å². The van der Waals surface area contributed by atoms with E-state index in [1.165, 1.54) is 22.7 Å². The van der Waals surface area contributed by atoms with E-state index >= 15 is 0 Å². The topological polar surface area (TPSA) is 114 Å². The largest absolute Gasteiger partial charge is 0.466 e. The molecule has 0 aliphatic rings. The molecule has 0 saturated carbocycles. The van der Waals surface area contributed by atoms with Crippen LogP contribution in [0.2, 0.25) is 0 Å². The molecule has 3 rings (SSSR count). The van der Waals surface area contributed by atoms with Gasteiger partial charge in [0.15, 0.2) is 14.8 Å². The molecular weight excluding hydrogens is 356 g/mol. The smallest absolute Gasteiger partial charge is 0.399 e. The summed E-state index contributed by atoms with van der Waals surface area (Å²) < 4.78 is 11.7. The van der Waals surface area contributed by atoms with Gasteiger partial charge < -0.3 is 20.2 Å². The van der Waals surface area contributed by atoms with Crippen LogP contribution in [0.3, 0.4) is 0 Å². The molecule has 0 atom stereocenters. The maximum Gasteiger partial charge on any atom is 0.399 e. The Morgan fingerprint density at radius 3 is 3.04 bits per heavy atom. The van der Waals surface area contributed by atoms with Crippen molar-refractivity contribution in [1.82, 2.24) is 9.97 Å². The Hall–Kier alpha value is -2.30. The Balaban J connectivity index is 1.67. The van der Waals surface area contributed by atoms with Crippen molar-refractivity contribution in [2.75, 3.05) is 5.73 Å². The average Bonchev–Trinajstić information content (AvgIpc) is 3.10. The Morgan fingerprint density at radius 1 is 1.48 bits per heavy atom. The highest BCUT2D eigenvalue weighted by molar-refractivity contribution is 7.73. The highest BCUT2D eigenvalue weighted by atomic mass is 32.1. The molecule has 10 heteroatoms. The minimum Gasteiger partial charge on any atom is -0.466 e. The van der Waals surface area contributed by atoms with Crippen LogP contribution in [0.4, 0.5) is 5.13 Å². The van der Waals surface area contributed by atoms with Crippen molar-refractivity contribution in [3.63, 3.8) is 0 Å². The molecule has 7 nitrogen and oxygen atoms in total. The number of aromatic amines is 1. The van der Waals surface area contributed by atoms with E-state index in [2.05, 4.69) is 9.97 Å². The molecule has 0 amide bonds. The number of ether oxygens (including phenoxy) is 2. The van der Waals surface area contributed by atoms with Gasteiger partial charge in [-0.25, -0.2) is 9.78 Å². The number of rotatable bonds is 3. The minimum absolute atomic E-state index is 0.0211. The van der Waals surface area contributed by atoms with Crippen LogP contribution in [0, 0.1) is 9.36 Å². The van der Waals surface area contributed by atoms with Gasteiger partial charge in [-0.05, 0) is 24.4 Å². The number of nitrogen functional groups attached to an aromatic ring is 1. The van der Waals surface area contributed by atoms with Crippen LogP contribution in [0.5, 0.6) is 5.75 Å². The molecule has 2 heterocycles. The first kappa shape index (κ1) is 15.6. The molecule has 0 bridgehead atoms. The van der Waals surface area contributed by atoms with Gasteiger partial charge in [0.25, 0.3) is 5.90 Å². The zero-order valence-electron chi connectivity index (χ0n) is 11.5. The van der Waals surface area contributed by atoms with E-state index in [9.17, 15) is 4.79 Å². The maximum atomic E-state index is 11.9. The average molecular weight is 366 g/mol. The van der Waals surface area contributed by atoms with Gasteiger partial charge in [0.2, 0.25) is 0 Å². The second kappa shape index (κ2) is 6.44. The summed E-state index contributed by atoms with van der Waals surface area (Å²) in [7, 11) is 0. The number of esters is 1. The van der Waals surface area contributed by atoms with Gasteiger partial charge in [-0.15, -0.1) is 22.7 Å². The summed E-state index contributed by atoms with van der Waals surface area (Å²) in [4.78, 5) is 18.9. The lowest BCUT2D eigenvalue weighted by Gasteiger charge is -2.07. The summed E-state index contributed by atoms with van der Waals surface area (Å²) in [5, 5.41) is 9.73. The van der Waals surface area contributed by atoms with Gasteiger partial charge in [-0.2, -0.15) is 0 Å². The number of thiazole rings is 2. The van der Waals surface area contributed by atoms with Crippen molar-refractivity contribution in [3.05, 3.63) is 33.2 Å². The van der Waals surface area contributed by atoms with Gasteiger partial charge in [0, 0.05) is 5.38 Å². The fourth-order valence-electron chi connectivity index (χ4n) is 1.77. The molecular formula is C13H10N4O3S3. The van der Waals surface area contributed by atoms with Crippen LogP contribution in [0.1, 0.15) is 5.69 Å². The first-order valence-electron chi connectivity index (χ1n) is 6.28. The molecule has 0 spiro atoms. The monoisotopic (exact) mass is 366 g/mol. The number of aromatic nitrogens is 2. The number of carbonyl (C=O) groups is 1. The number of nitrogens with two attached hydrogens (primary N) is 1. The summed E-state index contributed by atoms with van der Waals surface area (Å²) >= 11 is 7.71. The van der Waals surface area contributed by atoms with Crippen LogP contribution in [0.25, 0.3) is 10.2 Å². The number of anilines is 1. The van der Waals surface area contributed by atoms with Crippen molar-refractivity contribution < 1.29 is 14.3 Å². The van der Waals surface area contributed by atoms with Gasteiger partial charge in [0.05, 0.1) is 10.4 Å². The van der Waals surface area contributed by atoms with E-state index in [4.69, 9.17) is 32.8 Å². The number of carbonyl (C=O) groups excluding carboxylic acids is 1. The van der Waals surface area contributed by atoms with Crippen LogP contribution in [-0.2, 0) is 16.1 Å². The Labute approximate surface area is 143 Å². The standard InChI is InChI=1S/C13H10N4O3S3/c14-10(19-4-6-5-22-12(15)16-6)11(18)20-7-2-1-3-8-9(7)17-13(21)23-8/h1-3,5,14H,4H2,(H2,15,16)(H,17,21). The molecule has 3 aromatic rings. The summed E-state index contributed by atoms with van der Waals surface area (Å²) in [5.74, 6) is -1.21. The van der Waals surface area contributed by atoms with Gasteiger partial charge >= 0.3 is 5.97 Å². The summed E-state index contributed by atoms with van der Waals surface area (Å²) in [6, 6.07) is 5.22. The first-order chi connectivity index (χ1) is 11.0. The van der Waals surface area contributed by atoms with E-state index in [1.54, 1.807) is 17.5 Å². The number of nitrogens with one attached hydrogen (secondary N) is 2. The van der Waals surface area contributed by atoms with E-state index in [1.807, 2.05) is 6.07 Å². The molecule has 23 heavy (non-hydrogen) atoms. The molecule has 2 aromatic heterocycles. The van der Waals surface area contributed by atoms with Crippen LogP contribution >= 0.6 is 34.9 Å². The van der Waals surface area contributed by atoms with Crippen molar-refractivity contribution in [2.24, 2.45) is 0 Å². The molecule has 0 saturated heterocycles. The summed E-state index contributed by atoms with van der Waals surface area (Å²) in [6.45, 7) is -0.0211. The Kier molecular flexibility index (Phi) is 4.37. The fourth-order valence-corrected chi connectivity index (χ4v) is 3.44. The molecule has 0 fully saturated rings. The quantitative estimate of drug-likeness (QED) is 0.216. The normalized spacial score (nSPS) is 10.6. The van der Waals surface area contributed by atoms with Gasteiger partial charge in [-0.3, -0.25) is 5.41 Å². The van der Waals surface area contributed by atoms with E-state index in [-0.39, 0.29) is 6.61 Å². The third kappa shape index (κ3) is 3.55. The summed E-state index contributed by atoms with van der Waals surface area (Å²) in [5.41, 5.74) is 6.67. The molecule has 0 aliphatic heterocycles. The van der Waals surface area contributed by atoms with E-state index < -0.39 is 11.9 Å². The zero-order chi connectivity index (χ0) is 16.4. The Bertz CT molecular complexity index is 943. The Morgan fingerprint density at radius 2 is 2.30 bits per heavy atom. The van der Waals surface area contributed by atoms with E-state index in [0.29, 0.717) is 26.0 Å². The SMILES string of the molecule is N=C(OCc1csc(N)n1)C(=O)Oc1cccc2sc(=S)[nH]c12. The zero-order valence-corrected chi connectivity index (χ0v) is 13.9. The molecule has 0 radical (unpaired) electrons. The number of benzene rings is 1. The predicted octanol–water partition coefficient (Wildman–Crippen LogP) is 3.10. The van der Waals surface area contributed by atoms with Crippen molar-refractivity contribution in [3.8, 4) is 5.75 Å². The number of H-pyrrole nitrogens is 1. The van der Waals surface area contributed by atoms with Crippen molar-refractivity contribution >= 4 is 62.1 Å². The molecule has 118 valence electrons. The van der Waals surface area contributed by atoms with Gasteiger partial charge in [0.1, 0.15) is 12.1 Å². The lowest BCUT2D eigenvalue weighted by atomic mass is 10.3. The van der Waals surface area contributed by atoms with Gasteiger partial charge in [-0.1, -0.05) is 6.07 Å². The lowest BCUT2D eigenvalue weighted by molar-refractivity contribution is -0.128. The number of fused-ring (bicyclic) bond motifs is 1. The second-order valence-electron chi connectivity index (χ2n) is 4.33. The van der Waals surface area contributed by atoms with Crippen molar-refractivity contribution in [2.45, 2.75) is 6.61 Å². The van der Waals surface area contributed by atoms with Crippen LogP contribution in [0.15, 0.2) is 23.6 Å². The fraction of sp³-hybridized carbons (Fsp3) is 0.0769. The highest BCUT2D eigenvalue weighted by Crippen LogP contribution is 2.28. The molecule has 0 unspecified atom stereocenters. The lowest BCUT2D eigenvalue weighted by Crippen LogP contribution is -2.22. The number of hydrogen-bond donors (Lipinski definition) is 3. The second-order valence-corrected chi connectivity index (χ2v) is 6.94. The predicted molar refractivity (Wildman–Crippen MR) is 91.7 cm³/mol. The highest BCUT2D eigenvalue weighted by Gasteiger charge is 2.17. The van der Waals surface area contributed by atoms with Crippen LogP contribution < -0.4 is 10.5 Å².